The molecule has 2 aromatic rings. The van der Waals surface area contributed by atoms with Crippen molar-refractivity contribution in [3.05, 3.63) is 12.7 Å². The van der Waals surface area contributed by atoms with Crippen LogP contribution in [-0.4, -0.2) is 32.6 Å². The van der Waals surface area contributed by atoms with Crippen molar-refractivity contribution in [2.24, 2.45) is 0 Å². The number of thioether (sulfide) groups is 1. The predicted molar refractivity (Wildman–Crippen MR) is 51.5 cm³/mol. The number of halogens is 3. The average molecular weight is 272 g/mol. The minimum absolute atomic E-state index is 0. The molecule has 16 heavy (non-hydrogen) atoms. The molecule has 0 unspecified atom stereocenters. The molecule has 0 atom stereocenters. The van der Waals surface area contributed by atoms with Gasteiger partial charge in [0, 0.05) is 0 Å². The summed E-state index contributed by atoms with van der Waals surface area (Å²) in [6.45, 7) is -4.81. The van der Waals surface area contributed by atoms with Gasteiger partial charge < -0.3 is 17.9 Å². The number of nitrogens with zero attached hydrogens (tertiary/aromatic N) is 3. The van der Waals surface area contributed by atoms with E-state index in [4.69, 9.17) is 0 Å². The maximum absolute atomic E-state index is 12.0. The Bertz CT molecular complexity index is 476. The second kappa shape index (κ2) is 5.83. The van der Waals surface area contributed by atoms with E-state index in [1.807, 2.05) is 0 Å². The first-order valence-corrected chi connectivity index (χ1v) is 5.03. The van der Waals surface area contributed by atoms with Gasteiger partial charge in [0.1, 0.15) is 16.9 Å². The summed E-state index contributed by atoms with van der Waals surface area (Å²) in [7, 11) is 0. The fraction of sp³-hybridized carbons (Fsp3) is 0.167. The Kier molecular flexibility index (Phi) is 5.26. The largest absolute Gasteiger partial charge is 1.00 e. The van der Waals surface area contributed by atoms with Crippen LogP contribution in [0.2, 0.25) is 0 Å². The predicted octanol–water partition coefficient (Wildman–Crippen LogP) is -1.16. The number of hydrogen-bond donors (Lipinski definition) is 1. The minimum Gasteiger partial charge on any atom is -0.448 e. The van der Waals surface area contributed by atoms with Crippen LogP contribution in [0.15, 0.2) is 17.7 Å². The fourth-order valence-electron chi connectivity index (χ4n) is 1.03. The molecule has 0 aliphatic heterocycles. The summed E-state index contributed by atoms with van der Waals surface area (Å²) in [4.78, 5) is 14.1. The maximum Gasteiger partial charge on any atom is 1.00 e. The molecule has 0 saturated heterocycles. The molecule has 2 aromatic heterocycles. The van der Waals surface area contributed by atoms with Gasteiger partial charge in [0.05, 0.1) is 6.33 Å². The van der Waals surface area contributed by atoms with E-state index in [2.05, 4.69) is 19.9 Å². The fourth-order valence-corrected chi connectivity index (χ4v) is 1.79. The Balaban J connectivity index is 0.00000128. The Labute approximate surface area is 136 Å². The Morgan fingerprint density at radius 3 is 2.69 bits per heavy atom. The number of rotatable bonds is 3. The number of H-pyrrole nitrogens is 1. The standard InChI is InChI=1S/C6H5BF3N4S.K/c8-7(9,10)1-15-6-4-5(12-2-11-4)13-3-14-6;/h2-3H,1H2,(H,11,12,13,14);/q-1;+1. The van der Waals surface area contributed by atoms with Crippen molar-refractivity contribution in [3.8, 4) is 0 Å². The molecular formula is C6H5BF3KN4S. The van der Waals surface area contributed by atoms with Crippen LogP contribution in [0, 0.1) is 0 Å². The Hall–Kier alpha value is 0.391. The molecule has 0 bridgehead atoms. The summed E-state index contributed by atoms with van der Waals surface area (Å²) in [5.41, 5.74) is -0.0878. The van der Waals surface area contributed by atoms with Gasteiger partial charge in [-0.3, -0.25) is 0 Å². The van der Waals surface area contributed by atoms with Gasteiger partial charge >= 0.3 is 58.4 Å². The molecule has 1 N–H and O–H groups in total. The second-order valence-corrected chi connectivity index (χ2v) is 3.81. The molecule has 0 amide bonds. The van der Waals surface area contributed by atoms with E-state index in [0.29, 0.717) is 22.9 Å². The molecule has 2 rings (SSSR count). The van der Waals surface area contributed by atoms with E-state index in [9.17, 15) is 12.9 Å². The van der Waals surface area contributed by atoms with Crippen LogP contribution >= 0.6 is 11.8 Å². The Morgan fingerprint density at radius 1 is 1.25 bits per heavy atom. The third kappa shape index (κ3) is 3.71. The van der Waals surface area contributed by atoms with Crippen molar-refractivity contribution in [2.75, 3.05) is 5.65 Å². The van der Waals surface area contributed by atoms with Crippen LogP contribution in [-0.2, 0) is 0 Å². The van der Waals surface area contributed by atoms with Gasteiger partial charge in [-0.1, -0.05) is 0 Å². The van der Waals surface area contributed by atoms with Crippen molar-refractivity contribution >= 4 is 29.9 Å². The number of aromatic nitrogens is 4. The normalized spacial score (nSPS) is 11.4. The van der Waals surface area contributed by atoms with Crippen LogP contribution in [0.25, 0.3) is 11.2 Å². The molecule has 0 fully saturated rings. The molecule has 0 spiro atoms. The van der Waals surface area contributed by atoms with Gasteiger partial charge in [0.25, 0.3) is 0 Å². The second-order valence-electron chi connectivity index (χ2n) is 2.80. The van der Waals surface area contributed by atoms with Gasteiger partial charge in [0.15, 0.2) is 5.65 Å². The summed E-state index contributed by atoms with van der Waals surface area (Å²) >= 11 is 0.642. The van der Waals surface area contributed by atoms with E-state index in [0.717, 1.165) is 0 Å². The molecule has 0 radical (unpaired) electrons. The van der Waals surface area contributed by atoms with Gasteiger partial charge in [-0.2, -0.15) is 0 Å². The number of imidazole rings is 1. The van der Waals surface area contributed by atoms with Crippen molar-refractivity contribution in [2.45, 2.75) is 5.03 Å². The van der Waals surface area contributed by atoms with Gasteiger partial charge in [0.2, 0.25) is 0 Å². The van der Waals surface area contributed by atoms with Crippen molar-refractivity contribution in [1.82, 2.24) is 19.9 Å². The number of aromatic amines is 1. The molecule has 2 heterocycles. The molecule has 80 valence electrons. The zero-order valence-corrected chi connectivity index (χ0v) is 12.3. The molecule has 0 saturated carbocycles. The van der Waals surface area contributed by atoms with Crippen molar-refractivity contribution < 1.29 is 64.3 Å². The summed E-state index contributed by atoms with van der Waals surface area (Å²) < 4.78 is 36.1. The van der Waals surface area contributed by atoms with E-state index in [1.165, 1.54) is 12.7 Å². The first-order valence-electron chi connectivity index (χ1n) is 4.04. The Morgan fingerprint density at radius 2 is 2.00 bits per heavy atom. The third-order valence-corrected chi connectivity index (χ3v) is 2.72. The average Bonchev–Trinajstić information content (AvgIpc) is 2.61. The van der Waals surface area contributed by atoms with Gasteiger partial charge in [-0.05, 0) is 5.65 Å². The minimum atomic E-state index is -4.81. The van der Waals surface area contributed by atoms with Crippen LogP contribution < -0.4 is 51.4 Å². The SMILES string of the molecule is F[B-](F)(F)CSc1ncnc2nc[nH]c12.[K+]. The monoisotopic (exact) mass is 272 g/mol. The molecule has 10 heteroatoms. The van der Waals surface area contributed by atoms with Crippen LogP contribution in [0.3, 0.4) is 0 Å². The maximum atomic E-state index is 12.0. The van der Waals surface area contributed by atoms with Crippen LogP contribution in [0.1, 0.15) is 0 Å². The molecule has 0 aromatic carbocycles. The first-order chi connectivity index (χ1) is 7.06. The van der Waals surface area contributed by atoms with E-state index in [1.54, 1.807) is 0 Å². The zero-order valence-electron chi connectivity index (χ0n) is 8.32. The van der Waals surface area contributed by atoms with Crippen molar-refractivity contribution in [3.63, 3.8) is 0 Å². The van der Waals surface area contributed by atoms with E-state index in [-0.39, 0.29) is 56.4 Å². The van der Waals surface area contributed by atoms with Gasteiger partial charge in [-0.25, -0.2) is 15.0 Å². The number of nitrogens with one attached hydrogen (secondary N) is 1. The summed E-state index contributed by atoms with van der Waals surface area (Å²) in [5, 5.41) is 0.275. The van der Waals surface area contributed by atoms with E-state index >= 15 is 0 Å². The smallest absolute Gasteiger partial charge is 0.448 e. The summed E-state index contributed by atoms with van der Waals surface area (Å²) in [6.07, 6.45) is 2.58. The molecule has 0 aliphatic rings. The first kappa shape index (κ1) is 14.5. The molecule has 0 aliphatic carbocycles. The zero-order chi connectivity index (χ0) is 10.9. The van der Waals surface area contributed by atoms with Crippen LogP contribution in [0.4, 0.5) is 12.9 Å². The molecular weight excluding hydrogens is 267 g/mol. The third-order valence-electron chi connectivity index (χ3n) is 1.60. The summed E-state index contributed by atoms with van der Waals surface area (Å²) in [5.74, 6) is 0. The van der Waals surface area contributed by atoms with Crippen LogP contribution in [0.5, 0.6) is 0 Å². The molecule has 4 nitrogen and oxygen atoms in total. The quantitative estimate of drug-likeness (QED) is 0.435. The summed E-state index contributed by atoms with van der Waals surface area (Å²) in [6, 6.07) is 0. The van der Waals surface area contributed by atoms with Crippen molar-refractivity contribution in [1.29, 1.82) is 0 Å². The number of hydrogen-bond acceptors (Lipinski definition) is 4. The topological polar surface area (TPSA) is 54.5 Å². The van der Waals surface area contributed by atoms with E-state index < -0.39 is 12.6 Å². The van der Waals surface area contributed by atoms with Gasteiger partial charge in [-0.15, -0.1) is 11.8 Å². The number of fused-ring (bicyclic) bond motifs is 1.